The molecule has 21 heavy (non-hydrogen) atoms. The molecule has 2 aromatic rings. The van der Waals surface area contributed by atoms with E-state index in [1.54, 1.807) is 0 Å². The molecule has 2 aromatic carbocycles. The van der Waals surface area contributed by atoms with Crippen LogP contribution in [0.1, 0.15) is 42.9 Å². The van der Waals surface area contributed by atoms with Crippen molar-refractivity contribution in [3.05, 3.63) is 68.6 Å². The molecule has 110 valence electrons. The molecule has 0 unspecified atom stereocenters. The topological polar surface area (TPSA) is 12.0 Å². The van der Waals surface area contributed by atoms with E-state index >= 15 is 0 Å². The summed E-state index contributed by atoms with van der Waals surface area (Å²) in [7, 11) is 0. The van der Waals surface area contributed by atoms with Gasteiger partial charge in [0.25, 0.3) is 0 Å². The van der Waals surface area contributed by atoms with E-state index in [2.05, 4.69) is 92.6 Å². The lowest BCUT2D eigenvalue weighted by Crippen LogP contribution is -2.41. The Hall–Kier alpha value is -0.640. The number of halogens is 2. The molecule has 0 saturated heterocycles. The highest BCUT2D eigenvalue weighted by Crippen LogP contribution is 2.38. The van der Waals surface area contributed by atoms with Crippen molar-refractivity contribution in [2.45, 2.75) is 37.8 Å². The summed E-state index contributed by atoms with van der Waals surface area (Å²) in [6.45, 7) is 2.24. The molecular formula is C18H19Br2N. The van der Waals surface area contributed by atoms with E-state index in [9.17, 15) is 0 Å². The van der Waals surface area contributed by atoms with Crippen LogP contribution in [0.3, 0.4) is 0 Å². The zero-order chi connectivity index (χ0) is 14.8. The van der Waals surface area contributed by atoms with Crippen LogP contribution in [-0.4, -0.2) is 6.04 Å². The monoisotopic (exact) mass is 407 g/mol. The van der Waals surface area contributed by atoms with Gasteiger partial charge in [-0.25, -0.2) is 0 Å². The first-order valence-electron chi connectivity index (χ1n) is 7.39. The van der Waals surface area contributed by atoms with Crippen molar-refractivity contribution in [2.24, 2.45) is 0 Å². The maximum atomic E-state index is 3.74. The molecule has 3 rings (SSSR count). The van der Waals surface area contributed by atoms with Crippen molar-refractivity contribution in [1.29, 1.82) is 0 Å². The van der Waals surface area contributed by atoms with Gasteiger partial charge < -0.3 is 5.32 Å². The van der Waals surface area contributed by atoms with Crippen LogP contribution in [0.5, 0.6) is 0 Å². The summed E-state index contributed by atoms with van der Waals surface area (Å²) in [6.07, 6.45) is 2.46. The van der Waals surface area contributed by atoms with Gasteiger partial charge in [0.15, 0.2) is 0 Å². The fourth-order valence-electron chi connectivity index (χ4n) is 3.01. The van der Waals surface area contributed by atoms with E-state index in [0.717, 1.165) is 4.47 Å². The summed E-state index contributed by atoms with van der Waals surface area (Å²) in [4.78, 5) is 0. The standard InChI is InChI=1S/C18H19Br2N/c1-12(13-4-2-6-16(19)8-13)21-18-10-15(11-18)14-5-3-7-17(20)9-14/h2-9,12,15,18,21H,10-11H2,1H3/t12-,15?,18?/m0/s1. The Balaban J connectivity index is 1.55. The number of benzene rings is 2. The molecule has 0 aromatic heterocycles. The van der Waals surface area contributed by atoms with Crippen molar-refractivity contribution in [1.82, 2.24) is 5.32 Å². The maximum Gasteiger partial charge on any atom is 0.0294 e. The highest BCUT2D eigenvalue weighted by atomic mass is 79.9. The molecule has 1 nitrogen and oxygen atoms in total. The fraction of sp³-hybridized carbons (Fsp3) is 0.333. The third kappa shape index (κ3) is 3.77. The summed E-state index contributed by atoms with van der Waals surface area (Å²) in [6, 6.07) is 18.3. The van der Waals surface area contributed by atoms with Crippen molar-refractivity contribution in [3.8, 4) is 0 Å². The van der Waals surface area contributed by atoms with Gasteiger partial charge in [-0.05, 0) is 61.1 Å². The normalized spacial score (nSPS) is 22.6. The second kappa shape index (κ2) is 6.64. The molecule has 0 bridgehead atoms. The molecule has 1 atom stereocenters. The summed E-state index contributed by atoms with van der Waals surface area (Å²) < 4.78 is 2.33. The first-order valence-corrected chi connectivity index (χ1v) is 8.97. The maximum absolute atomic E-state index is 3.74. The third-order valence-corrected chi connectivity index (χ3v) is 5.28. The van der Waals surface area contributed by atoms with E-state index in [1.807, 2.05) is 0 Å². The Morgan fingerprint density at radius 2 is 1.67 bits per heavy atom. The third-order valence-electron chi connectivity index (χ3n) is 4.29. The SMILES string of the molecule is C[C@H](NC1CC(c2cccc(Br)c2)C1)c1cccc(Br)c1. The molecule has 3 heteroatoms. The van der Waals surface area contributed by atoms with Crippen LogP contribution in [0.15, 0.2) is 57.5 Å². The van der Waals surface area contributed by atoms with Crippen LogP contribution in [-0.2, 0) is 0 Å². The summed E-state index contributed by atoms with van der Waals surface area (Å²) in [5.41, 5.74) is 2.80. The van der Waals surface area contributed by atoms with Gasteiger partial charge >= 0.3 is 0 Å². The van der Waals surface area contributed by atoms with Crippen molar-refractivity contribution in [3.63, 3.8) is 0 Å². The van der Waals surface area contributed by atoms with Crippen LogP contribution >= 0.6 is 31.9 Å². The number of hydrogen-bond donors (Lipinski definition) is 1. The Morgan fingerprint density at radius 3 is 2.33 bits per heavy atom. The van der Waals surface area contributed by atoms with Gasteiger partial charge in [-0.2, -0.15) is 0 Å². The van der Waals surface area contributed by atoms with E-state index in [-0.39, 0.29) is 0 Å². The minimum absolute atomic E-state index is 0.399. The van der Waals surface area contributed by atoms with Gasteiger partial charge in [0.2, 0.25) is 0 Å². The number of hydrogen-bond acceptors (Lipinski definition) is 1. The molecule has 1 aliphatic carbocycles. The highest BCUT2D eigenvalue weighted by molar-refractivity contribution is 9.10. The Labute approximate surface area is 143 Å². The Kier molecular flexibility index (Phi) is 4.82. The minimum Gasteiger partial charge on any atom is -0.307 e. The average Bonchev–Trinajstić information content (AvgIpc) is 2.42. The van der Waals surface area contributed by atoms with E-state index in [4.69, 9.17) is 0 Å². The second-order valence-corrected chi connectivity index (χ2v) is 7.69. The highest BCUT2D eigenvalue weighted by Gasteiger charge is 2.31. The lowest BCUT2D eigenvalue weighted by Gasteiger charge is -2.38. The molecule has 0 aliphatic heterocycles. The summed E-state index contributed by atoms with van der Waals surface area (Å²) in [5.74, 6) is 0.703. The van der Waals surface area contributed by atoms with Gasteiger partial charge in [0, 0.05) is 21.0 Å². The van der Waals surface area contributed by atoms with Gasteiger partial charge in [-0.15, -0.1) is 0 Å². The molecule has 0 heterocycles. The molecule has 0 spiro atoms. The van der Waals surface area contributed by atoms with Gasteiger partial charge in [0.1, 0.15) is 0 Å². The Bertz CT molecular complexity index is 620. The molecule has 0 radical (unpaired) electrons. The van der Waals surface area contributed by atoms with Crippen LogP contribution in [0.2, 0.25) is 0 Å². The average molecular weight is 409 g/mol. The van der Waals surface area contributed by atoms with Gasteiger partial charge in [-0.3, -0.25) is 0 Å². The second-order valence-electron chi connectivity index (χ2n) is 5.86. The van der Waals surface area contributed by atoms with E-state index in [0.29, 0.717) is 18.0 Å². The van der Waals surface area contributed by atoms with E-state index < -0.39 is 0 Å². The summed E-state index contributed by atoms with van der Waals surface area (Å²) in [5, 5.41) is 3.74. The van der Waals surface area contributed by atoms with Crippen LogP contribution in [0.4, 0.5) is 0 Å². The Morgan fingerprint density at radius 1 is 1.00 bits per heavy atom. The molecular weight excluding hydrogens is 390 g/mol. The number of nitrogens with one attached hydrogen (secondary N) is 1. The van der Waals surface area contributed by atoms with Gasteiger partial charge in [-0.1, -0.05) is 56.1 Å². The molecule has 1 saturated carbocycles. The zero-order valence-corrected chi connectivity index (χ0v) is 15.2. The number of rotatable bonds is 4. The predicted molar refractivity (Wildman–Crippen MR) is 95.6 cm³/mol. The van der Waals surface area contributed by atoms with E-state index in [1.165, 1.54) is 28.4 Å². The first kappa shape index (κ1) is 15.3. The predicted octanol–water partition coefficient (Wildman–Crippen LogP) is 5.81. The molecule has 1 N–H and O–H groups in total. The van der Waals surface area contributed by atoms with Gasteiger partial charge in [0.05, 0.1) is 0 Å². The quantitative estimate of drug-likeness (QED) is 0.673. The van der Waals surface area contributed by atoms with Crippen LogP contribution in [0.25, 0.3) is 0 Å². The minimum atomic E-state index is 0.399. The largest absolute Gasteiger partial charge is 0.307 e. The smallest absolute Gasteiger partial charge is 0.0294 e. The lowest BCUT2D eigenvalue weighted by atomic mass is 9.75. The van der Waals surface area contributed by atoms with Crippen molar-refractivity contribution in [2.75, 3.05) is 0 Å². The lowest BCUT2D eigenvalue weighted by molar-refractivity contribution is 0.271. The molecule has 1 fully saturated rings. The van der Waals surface area contributed by atoms with Crippen LogP contribution < -0.4 is 5.32 Å². The van der Waals surface area contributed by atoms with Crippen molar-refractivity contribution < 1.29 is 0 Å². The van der Waals surface area contributed by atoms with Crippen LogP contribution in [0, 0.1) is 0 Å². The first-order chi connectivity index (χ1) is 10.1. The molecule has 1 aliphatic rings. The molecule has 0 amide bonds. The fourth-order valence-corrected chi connectivity index (χ4v) is 3.85. The summed E-state index contributed by atoms with van der Waals surface area (Å²) >= 11 is 7.10. The zero-order valence-electron chi connectivity index (χ0n) is 12.0. The van der Waals surface area contributed by atoms with Crippen molar-refractivity contribution >= 4 is 31.9 Å².